The minimum atomic E-state index is -4.54. The number of hydrogen-bond donors (Lipinski definition) is 4. The zero-order chi connectivity index (χ0) is 31.7. The molecule has 1 aliphatic rings. The highest BCUT2D eigenvalue weighted by Crippen LogP contribution is 2.51. The van der Waals surface area contributed by atoms with Crippen LogP contribution in [0.4, 0.5) is 5.95 Å². The number of anilines is 1. The van der Waals surface area contributed by atoms with Crippen LogP contribution >= 0.6 is 19.2 Å². The van der Waals surface area contributed by atoms with Gasteiger partial charge in [-0.3, -0.25) is 19.1 Å². The van der Waals surface area contributed by atoms with Crippen LogP contribution in [0, 0.1) is 17.2 Å². The van der Waals surface area contributed by atoms with Gasteiger partial charge in [-0.2, -0.15) is 4.98 Å². The third-order valence-corrected chi connectivity index (χ3v) is 8.09. The standard InChI is InChI=1S/C26H31ClN5O8P/c1-15(2)38-23(35)16(3)14-41(36,40-17-7-5-4-6-8-17)37-13-19-20(33)26(29,10-11-27)24(39-19)32-12-9-18-21(32)30-25(28)31-22(18)34/h4-9,12,15-16,19-20,24,33H,13-14,29H2,1-3H3,(H3,28,30,31,34)/t16-,19-,20+,24-,26?,41+/m1/s1/i13D2. The van der Waals surface area contributed by atoms with Crippen LogP contribution in [0.5, 0.6) is 5.75 Å². The molecule has 0 aliphatic carbocycles. The van der Waals surface area contributed by atoms with E-state index in [1.54, 1.807) is 32.0 Å². The lowest BCUT2D eigenvalue weighted by Crippen LogP contribution is -2.53. The minimum absolute atomic E-state index is 0.00218. The van der Waals surface area contributed by atoms with E-state index in [-0.39, 0.29) is 22.7 Å². The van der Waals surface area contributed by atoms with Gasteiger partial charge >= 0.3 is 13.6 Å². The van der Waals surface area contributed by atoms with E-state index >= 15 is 0 Å². The second kappa shape index (κ2) is 12.2. The number of nitrogens with zero attached hydrogens (tertiary/aromatic N) is 2. The Kier molecular flexibility index (Phi) is 8.30. The summed E-state index contributed by atoms with van der Waals surface area (Å²) < 4.78 is 55.1. The molecule has 6 N–H and O–H groups in total. The van der Waals surface area contributed by atoms with E-state index in [4.69, 9.17) is 44.3 Å². The summed E-state index contributed by atoms with van der Waals surface area (Å²) in [7, 11) is -4.54. The van der Waals surface area contributed by atoms with Crippen LogP contribution in [0.25, 0.3) is 11.0 Å². The van der Waals surface area contributed by atoms with Crippen LogP contribution in [0.15, 0.2) is 47.4 Å². The Morgan fingerprint density at radius 3 is 2.73 bits per heavy atom. The summed E-state index contributed by atoms with van der Waals surface area (Å²) >= 11 is 5.67. The molecule has 0 saturated carbocycles. The van der Waals surface area contributed by atoms with Crippen LogP contribution in [0.3, 0.4) is 0 Å². The molecule has 41 heavy (non-hydrogen) atoms. The number of aliphatic hydroxyl groups is 1. The topological polar surface area (TPSA) is 194 Å². The molecule has 0 amide bonds. The molecule has 0 bridgehead atoms. The van der Waals surface area contributed by atoms with E-state index < -0.39 is 67.8 Å². The number of H-pyrrole nitrogens is 1. The fraction of sp³-hybridized carbons (Fsp3) is 0.423. The smallest absolute Gasteiger partial charge is 0.380 e. The van der Waals surface area contributed by atoms with Gasteiger partial charge in [0.25, 0.3) is 5.56 Å². The van der Waals surface area contributed by atoms with Crippen molar-refractivity contribution in [2.45, 2.75) is 50.8 Å². The largest absolute Gasteiger partial charge is 0.463 e. The molecule has 6 atom stereocenters. The molecular weight excluding hydrogens is 577 g/mol. The highest BCUT2D eigenvalue weighted by molar-refractivity contribution is 7.54. The predicted molar refractivity (Wildman–Crippen MR) is 151 cm³/mol. The first kappa shape index (κ1) is 27.8. The molecule has 1 unspecified atom stereocenters. The van der Waals surface area contributed by atoms with E-state index in [1.165, 1.54) is 35.9 Å². The molecule has 1 fully saturated rings. The number of ether oxygens (including phenoxy) is 2. The SMILES string of the molecule is [2H]C([2H])(O[P@@](=O)(C[C@@H](C)C(=O)OC(C)C)Oc1ccccc1)[C@H]1O[C@@H](n2ccc3c(=O)[nH]c(N)nc32)C(N)(C#CCl)[C@H]1O. The number of aromatic amines is 1. The van der Waals surface area contributed by atoms with Crippen LogP contribution in [0.2, 0.25) is 0 Å². The Balaban J connectivity index is 1.71. The summed E-state index contributed by atoms with van der Waals surface area (Å²) in [4.78, 5) is 31.4. The number of aromatic nitrogens is 3. The highest BCUT2D eigenvalue weighted by Gasteiger charge is 2.55. The highest BCUT2D eigenvalue weighted by atomic mass is 35.5. The molecule has 2 aromatic heterocycles. The van der Waals surface area contributed by atoms with Crippen molar-refractivity contribution in [3.8, 4) is 17.0 Å². The van der Waals surface area contributed by atoms with Gasteiger partial charge in [-0.05, 0) is 43.6 Å². The Hall–Kier alpha value is -3.37. The van der Waals surface area contributed by atoms with Crippen molar-refractivity contribution in [3.05, 3.63) is 52.9 Å². The Morgan fingerprint density at radius 2 is 2.07 bits per heavy atom. The third-order valence-electron chi connectivity index (χ3n) is 6.12. The van der Waals surface area contributed by atoms with Gasteiger partial charge in [-0.25, -0.2) is 4.57 Å². The van der Waals surface area contributed by atoms with E-state index in [0.717, 1.165) is 0 Å². The van der Waals surface area contributed by atoms with Crippen molar-refractivity contribution in [1.82, 2.24) is 14.5 Å². The zero-order valence-electron chi connectivity index (χ0n) is 24.3. The van der Waals surface area contributed by atoms with Crippen molar-refractivity contribution in [2.75, 3.05) is 18.5 Å². The quantitative estimate of drug-likeness (QED) is 0.150. The molecular formula is C26H31ClN5O8P. The lowest BCUT2D eigenvalue weighted by molar-refractivity contribution is -0.151. The second-order valence-corrected chi connectivity index (χ2v) is 11.9. The number of rotatable bonds is 10. The van der Waals surface area contributed by atoms with Gasteiger partial charge in [-0.15, -0.1) is 0 Å². The number of nitrogens with two attached hydrogens (primary N) is 2. The van der Waals surface area contributed by atoms with Gasteiger partial charge in [0, 0.05) is 11.6 Å². The van der Waals surface area contributed by atoms with E-state index in [2.05, 4.69) is 21.3 Å². The molecule has 1 aromatic carbocycles. The number of aliphatic hydroxyl groups excluding tert-OH is 1. The van der Waals surface area contributed by atoms with Crippen molar-refractivity contribution in [3.63, 3.8) is 0 Å². The van der Waals surface area contributed by atoms with E-state index in [0.29, 0.717) is 0 Å². The number of nitrogen functional groups attached to an aromatic ring is 1. The number of fused-ring (bicyclic) bond motifs is 1. The molecule has 3 heterocycles. The molecule has 13 nitrogen and oxygen atoms in total. The number of carbonyl (C=O) groups is 1. The van der Waals surface area contributed by atoms with Gasteiger partial charge in [0.15, 0.2) is 17.4 Å². The summed E-state index contributed by atoms with van der Waals surface area (Å²) in [6, 6.07) is 9.21. The van der Waals surface area contributed by atoms with E-state index in [9.17, 15) is 19.3 Å². The number of halogens is 1. The van der Waals surface area contributed by atoms with Crippen LogP contribution in [0.1, 0.15) is 29.7 Å². The first-order chi connectivity index (χ1) is 20.1. The lowest BCUT2D eigenvalue weighted by Gasteiger charge is -2.28. The van der Waals surface area contributed by atoms with Crippen LogP contribution in [-0.2, 0) is 23.4 Å². The molecule has 0 radical (unpaired) electrons. The number of benzene rings is 1. The molecule has 4 rings (SSSR count). The van der Waals surface area contributed by atoms with Crippen molar-refractivity contribution >= 4 is 42.1 Å². The molecule has 3 aromatic rings. The van der Waals surface area contributed by atoms with Gasteiger partial charge in [0.1, 0.15) is 18.0 Å². The van der Waals surface area contributed by atoms with Crippen LogP contribution in [-0.4, -0.2) is 62.2 Å². The maximum atomic E-state index is 14.1. The molecule has 0 spiro atoms. The average Bonchev–Trinajstić information content (AvgIpc) is 3.42. The van der Waals surface area contributed by atoms with Gasteiger partial charge in [-0.1, -0.05) is 31.0 Å². The van der Waals surface area contributed by atoms with Crippen LogP contribution < -0.4 is 21.6 Å². The van der Waals surface area contributed by atoms with Gasteiger partial charge in [0.2, 0.25) is 5.95 Å². The summed E-state index contributed by atoms with van der Waals surface area (Å²) in [5.41, 5.74) is 9.53. The summed E-state index contributed by atoms with van der Waals surface area (Å²) in [5, 5.41) is 13.5. The number of esters is 1. The predicted octanol–water partition coefficient (Wildman–Crippen LogP) is 2.34. The Labute approximate surface area is 243 Å². The zero-order valence-corrected chi connectivity index (χ0v) is 24.0. The molecule has 15 heteroatoms. The number of nitrogens with one attached hydrogen (secondary N) is 1. The van der Waals surface area contributed by atoms with Gasteiger partial charge in [0.05, 0.1) is 32.9 Å². The Bertz CT molecular complexity index is 1660. The maximum absolute atomic E-state index is 14.1. The average molecular weight is 610 g/mol. The van der Waals surface area contributed by atoms with Gasteiger partial charge < -0.3 is 35.1 Å². The maximum Gasteiger partial charge on any atom is 0.380 e. The fourth-order valence-corrected chi connectivity index (χ4v) is 6.08. The first-order valence-corrected chi connectivity index (χ1v) is 14.6. The van der Waals surface area contributed by atoms with E-state index in [1.807, 2.05) is 0 Å². The number of hydrogen-bond acceptors (Lipinski definition) is 11. The first-order valence-electron chi connectivity index (χ1n) is 13.5. The van der Waals surface area contributed by atoms with Crippen molar-refractivity contribution in [2.24, 2.45) is 11.7 Å². The third kappa shape index (κ3) is 6.59. The number of carbonyl (C=O) groups excluding carboxylic acids is 1. The summed E-state index contributed by atoms with van der Waals surface area (Å²) in [6.45, 7) is 1.66. The molecule has 1 aliphatic heterocycles. The number of para-hydroxylation sites is 1. The fourth-order valence-electron chi connectivity index (χ4n) is 4.20. The van der Waals surface area contributed by atoms with Crippen molar-refractivity contribution < 1.29 is 35.7 Å². The second-order valence-electron chi connectivity index (χ2n) is 9.71. The summed E-state index contributed by atoms with van der Waals surface area (Å²) in [6.07, 6.45) is -5.04. The summed E-state index contributed by atoms with van der Waals surface area (Å²) in [5.74, 6) is 0.559. The molecule has 1 saturated heterocycles. The van der Waals surface area contributed by atoms with Crippen molar-refractivity contribution in [1.29, 1.82) is 0 Å². The molecule has 220 valence electrons. The lowest BCUT2D eigenvalue weighted by atomic mass is 9.92. The minimum Gasteiger partial charge on any atom is -0.463 e. The normalized spacial score (nSPS) is 25.5. The monoisotopic (exact) mass is 609 g/mol. The Morgan fingerprint density at radius 1 is 1.37 bits per heavy atom.